The summed E-state index contributed by atoms with van der Waals surface area (Å²) in [6.45, 7) is 1.90. The molecule has 3 heteroatoms. The van der Waals surface area contributed by atoms with Crippen molar-refractivity contribution in [1.29, 1.82) is 0 Å². The summed E-state index contributed by atoms with van der Waals surface area (Å²) < 4.78 is 0. The maximum atomic E-state index is 11.9. The number of carbonyl (C=O) groups is 1. The first-order valence-electron chi connectivity index (χ1n) is 6.43. The Hall–Kier alpha value is -2.13. The summed E-state index contributed by atoms with van der Waals surface area (Å²) in [6, 6.07) is 17.2. The highest BCUT2D eigenvalue weighted by molar-refractivity contribution is 5.98. The molecule has 3 nitrogen and oxygen atoms in total. The minimum Gasteiger partial charge on any atom is -0.324 e. The van der Waals surface area contributed by atoms with Crippen LogP contribution in [-0.2, 0) is 4.79 Å². The van der Waals surface area contributed by atoms with Crippen LogP contribution >= 0.6 is 0 Å². The summed E-state index contributed by atoms with van der Waals surface area (Å²) in [7, 11) is 0. The van der Waals surface area contributed by atoms with Crippen molar-refractivity contribution in [3.63, 3.8) is 0 Å². The third-order valence-corrected chi connectivity index (χ3v) is 3.05. The molecular formula is C16H18N2O. The smallest absolute Gasteiger partial charge is 0.241 e. The average molecular weight is 254 g/mol. The second kappa shape index (κ2) is 6.16. The predicted molar refractivity (Wildman–Crippen MR) is 78.8 cm³/mol. The molecule has 2 rings (SSSR count). The van der Waals surface area contributed by atoms with Crippen molar-refractivity contribution < 1.29 is 4.79 Å². The van der Waals surface area contributed by atoms with E-state index in [9.17, 15) is 4.79 Å². The van der Waals surface area contributed by atoms with Gasteiger partial charge in [0.2, 0.25) is 5.91 Å². The molecule has 2 aromatic rings. The molecule has 0 heterocycles. The van der Waals surface area contributed by atoms with Crippen LogP contribution in [0.5, 0.6) is 0 Å². The first kappa shape index (κ1) is 13.3. The minimum atomic E-state index is -0.469. The fourth-order valence-electron chi connectivity index (χ4n) is 1.87. The van der Waals surface area contributed by atoms with Gasteiger partial charge in [-0.25, -0.2) is 0 Å². The maximum absolute atomic E-state index is 11.9. The number of benzene rings is 2. The van der Waals surface area contributed by atoms with Crippen LogP contribution < -0.4 is 11.1 Å². The highest BCUT2D eigenvalue weighted by Gasteiger charge is 2.13. The molecule has 0 aliphatic carbocycles. The molecule has 0 aromatic heterocycles. The monoisotopic (exact) mass is 254 g/mol. The normalized spacial score (nSPS) is 11.9. The van der Waals surface area contributed by atoms with Crippen molar-refractivity contribution in [2.45, 2.75) is 19.4 Å². The van der Waals surface area contributed by atoms with Crippen molar-refractivity contribution in [1.82, 2.24) is 0 Å². The van der Waals surface area contributed by atoms with Crippen LogP contribution in [0.25, 0.3) is 11.1 Å². The van der Waals surface area contributed by atoms with Gasteiger partial charge in [0.05, 0.1) is 6.04 Å². The van der Waals surface area contributed by atoms with Crippen LogP contribution in [0.2, 0.25) is 0 Å². The van der Waals surface area contributed by atoms with E-state index < -0.39 is 6.04 Å². The van der Waals surface area contributed by atoms with Crippen molar-refractivity contribution in [2.75, 3.05) is 5.32 Å². The fourth-order valence-corrected chi connectivity index (χ4v) is 1.87. The van der Waals surface area contributed by atoms with E-state index in [1.165, 1.54) is 0 Å². The zero-order chi connectivity index (χ0) is 13.7. The third kappa shape index (κ3) is 3.20. The largest absolute Gasteiger partial charge is 0.324 e. The molecule has 0 aliphatic heterocycles. The van der Waals surface area contributed by atoms with Crippen LogP contribution in [0.1, 0.15) is 13.3 Å². The molecule has 19 heavy (non-hydrogen) atoms. The Labute approximate surface area is 113 Å². The lowest BCUT2D eigenvalue weighted by Crippen LogP contribution is -2.34. The number of hydrogen-bond donors (Lipinski definition) is 2. The molecule has 3 N–H and O–H groups in total. The highest BCUT2D eigenvalue weighted by atomic mass is 16.2. The molecular weight excluding hydrogens is 236 g/mol. The Morgan fingerprint density at radius 2 is 1.74 bits per heavy atom. The molecule has 2 aromatic carbocycles. The average Bonchev–Trinajstić information content (AvgIpc) is 2.47. The Morgan fingerprint density at radius 1 is 1.11 bits per heavy atom. The van der Waals surface area contributed by atoms with E-state index in [1.807, 2.05) is 61.5 Å². The number of para-hydroxylation sites is 1. The van der Waals surface area contributed by atoms with Crippen LogP contribution in [0.4, 0.5) is 5.69 Å². The number of rotatable bonds is 4. The highest BCUT2D eigenvalue weighted by Crippen LogP contribution is 2.27. The SMILES string of the molecule is CC[C@H](N)C(=O)Nc1ccccc1-c1ccccc1. The molecule has 0 bridgehead atoms. The van der Waals surface area contributed by atoms with Gasteiger partial charge in [-0.05, 0) is 18.1 Å². The zero-order valence-corrected chi connectivity index (χ0v) is 11.0. The number of anilines is 1. The van der Waals surface area contributed by atoms with Crippen LogP contribution in [-0.4, -0.2) is 11.9 Å². The summed E-state index contributed by atoms with van der Waals surface area (Å²) >= 11 is 0. The van der Waals surface area contributed by atoms with Gasteiger partial charge in [0, 0.05) is 11.3 Å². The maximum Gasteiger partial charge on any atom is 0.241 e. The molecule has 1 amide bonds. The topological polar surface area (TPSA) is 55.1 Å². The second-order valence-corrected chi connectivity index (χ2v) is 4.42. The molecule has 0 unspecified atom stereocenters. The molecule has 0 radical (unpaired) electrons. The van der Waals surface area contributed by atoms with Gasteiger partial charge >= 0.3 is 0 Å². The molecule has 0 saturated carbocycles. The van der Waals surface area contributed by atoms with Gasteiger partial charge in [0.25, 0.3) is 0 Å². The number of nitrogens with one attached hydrogen (secondary N) is 1. The Bertz CT molecular complexity index is 552. The first-order chi connectivity index (χ1) is 9.22. The number of amides is 1. The summed E-state index contributed by atoms with van der Waals surface area (Å²) in [5.41, 5.74) is 8.61. The number of carbonyl (C=O) groups excluding carboxylic acids is 1. The van der Waals surface area contributed by atoms with E-state index in [0.717, 1.165) is 16.8 Å². The van der Waals surface area contributed by atoms with E-state index in [0.29, 0.717) is 6.42 Å². The van der Waals surface area contributed by atoms with Crippen molar-refractivity contribution in [3.8, 4) is 11.1 Å². The second-order valence-electron chi connectivity index (χ2n) is 4.42. The molecule has 1 atom stereocenters. The summed E-state index contributed by atoms with van der Waals surface area (Å²) in [5.74, 6) is -0.147. The lowest BCUT2D eigenvalue weighted by molar-refractivity contribution is -0.117. The zero-order valence-electron chi connectivity index (χ0n) is 11.0. The summed E-state index contributed by atoms with van der Waals surface area (Å²) in [6.07, 6.45) is 0.624. The third-order valence-electron chi connectivity index (χ3n) is 3.05. The van der Waals surface area contributed by atoms with E-state index in [1.54, 1.807) is 0 Å². The van der Waals surface area contributed by atoms with Gasteiger partial charge in [-0.3, -0.25) is 4.79 Å². The van der Waals surface area contributed by atoms with E-state index in [2.05, 4.69) is 5.32 Å². The first-order valence-corrected chi connectivity index (χ1v) is 6.43. The number of nitrogens with two attached hydrogens (primary N) is 1. The van der Waals surface area contributed by atoms with Gasteiger partial charge in [-0.15, -0.1) is 0 Å². The van der Waals surface area contributed by atoms with Crippen molar-refractivity contribution in [3.05, 3.63) is 54.6 Å². The summed E-state index contributed by atoms with van der Waals surface area (Å²) in [5, 5.41) is 2.90. The molecule has 0 fully saturated rings. The number of hydrogen-bond acceptors (Lipinski definition) is 2. The minimum absolute atomic E-state index is 0.147. The Balaban J connectivity index is 2.30. The molecule has 0 saturated heterocycles. The fraction of sp³-hybridized carbons (Fsp3) is 0.188. The van der Waals surface area contributed by atoms with Crippen LogP contribution in [0.3, 0.4) is 0 Å². The van der Waals surface area contributed by atoms with Gasteiger partial charge < -0.3 is 11.1 Å². The van der Waals surface area contributed by atoms with Gasteiger partial charge in [-0.1, -0.05) is 55.5 Å². The van der Waals surface area contributed by atoms with Gasteiger partial charge in [-0.2, -0.15) is 0 Å². The Kier molecular flexibility index (Phi) is 4.31. The standard InChI is InChI=1S/C16H18N2O/c1-2-14(17)16(19)18-15-11-7-6-10-13(15)12-8-4-3-5-9-12/h3-11,14H,2,17H2,1H3,(H,18,19)/t14-/m0/s1. The molecule has 98 valence electrons. The van der Waals surface area contributed by atoms with Crippen LogP contribution in [0, 0.1) is 0 Å². The van der Waals surface area contributed by atoms with Crippen molar-refractivity contribution >= 4 is 11.6 Å². The lowest BCUT2D eigenvalue weighted by Gasteiger charge is -2.14. The van der Waals surface area contributed by atoms with Crippen LogP contribution in [0.15, 0.2) is 54.6 Å². The van der Waals surface area contributed by atoms with E-state index in [-0.39, 0.29) is 5.91 Å². The van der Waals surface area contributed by atoms with Gasteiger partial charge in [0.15, 0.2) is 0 Å². The van der Waals surface area contributed by atoms with Gasteiger partial charge in [0.1, 0.15) is 0 Å². The molecule has 0 aliphatic rings. The Morgan fingerprint density at radius 3 is 2.42 bits per heavy atom. The lowest BCUT2D eigenvalue weighted by atomic mass is 10.0. The van der Waals surface area contributed by atoms with Crippen molar-refractivity contribution in [2.24, 2.45) is 5.73 Å². The molecule has 0 spiro atoms. The van der Waals surface area contributed by atoms with E-state index in [4.69, 9.17) is 5.73 Å². The van der Waals surface area contributed by atoms with E-state index >= 15 is 0 Å². The summed E-state index contributed by atoms with van der Waals surface area (Å²) in [4.78, 5) is 11.9. The predicted octanol–water partition coefficient (Wildman–Crippen LogP) is 3.03. The quantitative estimate of drug-likeness (QED) is 0.881.